The Morgan fingerprint density at radius 3 is 1.27 bits per heavy atom. The molecule has 0 aliphatic heterocycles. The standard InChI is InChI=1S/C6H2Cl4.ClH/c7-3-1-2-4(8)6(10)5(3)9;/h1-2H;1H. The van der Waals surface area contributed by atoms with Crippen molar-refractivity contribution in [3.63, 3.8) is 0 Å². The molecule has 0 fully saturated rings. The van der Waals surface area contributed by atoms with Gasteiger partial charge in [0.1, 0.15) is 0 Å². The fraction of sp³-hybridized carbons (Fsp3) is 0. The van der Waals surface area contributed by atoms with Crippen LogP contribution < -0.4 is 0 Å². The number of rotatable bonds is 0. The summed E-state index contributed by atoms with van der Waals surface area (Å²) in [6.45, 7) is 0. The summed E-state index contributed by atoms with van der Waals surface area (Å²) in [6, 6.07) is 3.19. The van der Waals surface area contributed by atoms with E-state index >= 15 is 0 Å². The van der Waals surface area contributed by atoms with Gasteiger partial charge in [-0.1, -0.05) is 46.4 Å². The van der Waals surface area contributed by atoms with E-state index in [2.05, 4.69) is 0 Å². The van der Waals surface area contributed by atoms with Gasteiger partial charge in [-0.15, -0.1) is 12.4 Å². The quantitative estimate of drug-likeness (QED) is 0.463. The lowest BCUT2D eigenvalue weighted by molar-refractivity contribution is 1.70. The summed E-state index contributed by atoms with van der Waals surface area (Å²) < 4.78 is 0. The van der Waals surface area contributed by atoms with Gasteiger partial charge in [0.2, 0.25) is 0 Å². The molecule has 0 radical (unpaired) electrons. The molecule has 11 heavy (non-hydrogen) atoms. The van der Waals surface area contributed by atoms with E-state index in [1.807, 2.05) is 0 Å². The first kappa shape index (κ1) is 11.7. The van der Waals surface area contributed by atoms with Gasteiger partial charge < -0.3 is 0 Å². The van der Waals surface area contributed by atoms with Crippen LogP contribution in [0.1, 0.15) is 0 Å². The minimum atomic E-state index is 0. The smallest absolute Gasteiger partial charge is 0.0793 e. The zero-order chi connectivity index (χ0) is 7.72. The van der Waals surface area contributed by atoms with Crippen molar-refractivity contribution in [2.75, 3.05) is 0 Å². The first-order valence-corrected chi connectivity index (χ1v) is 3.93. The Morgan fingerprint density at radius 2 is 1.00 bits per heavy atom. The molecule has 0 aliphatic carbocycles. The Hall–Kier alpha value is 0.670. The molecule has 0 nitrogen and oxygen atoms in total. The van der Waals surface area contributed by atoms with Crippen LogP contribution in [0.4, 0.5) is 0 Å². The van der Waals surface area contributed by atoms with E-state index in [9.17, 15) is 0 Å². The van der Waals surface area contributed by atoms with Gasteiger partial charge in [0.25, 0.3) is 0 Å². The largest absolute Gasteiger partial charge is 0.147 e. The Morgan fingerprint density at radius 1 is 0.727 bits per heavy atom. The van der Waals surface area contributed by atoms with Crippen LogP contribution in [-0.2, 0) is 0 Å². The van der Waals surface area contributed by atoms with Crippen LogP contribution in [0.2, 0.25) is 20.1 Å². The number of benzene rings is 1. The zero-order valence-electron chi connectivity index (χ0n) is 5.07. The van der Waals surface area contributed by atoms with Crippen LogP contribution in [0.15, 0.2) is 12.1 Å². The summed E-state index contributed by atoms with van der Waals surface area (Å²) in [5.74, 6) is 0. The van der Waals surface area contributed by atoms with Crippen molar-refractivity contribution in [1.82, 2.24) is 0 Å². The highest BCUT2D eigenvalue weighted by Crippen LogP contribution is 2.34. The monoisotopic (exact) mass is 250 g/mol. The lowest BCUT2D eigenvalue weighted by Crippen LogP contribution is -1.71. The molecule has 62 valence electrons. The molecular formula is C6H3Cl5. The van der Waals surface area contributed by atoms with Crippen molar-refractivity contribution in [2.24, 2.45) is 0 Å². The Kier molecular flexibility index (Phi) is 4.92. The molecule has 1 aromatic carbocycles. The molecule has 0 atom stereocenters. The van der Waals surface area contributed by atoms with E-state index in [4.69, 9.17) is 46.4 Å². The maximum absolute atomic E-state index is 5.63. The van der Waals surface area contributed by atoms with E-state index in [0.29, 0.717) is 20.1 Å². The van der Waals surface area contributed by atoms with E-state index < -0.39 is 0 Å². The Balaban J connectivity index is 0.000001000. The first-order chi connectivity index (χ1) is 4.63. The molecule has 0 unspecified atom stereocenters. The van der Waals surface area contributed by atoms with Gasteiger partial charge in [0.15, 0.2) is 0 Å². The second-order valence-electron chi connectivity index (χ2n) is 1.66. The molecule has 0 saturated carbocycles. The lowest BCUT2D eigenvalue weighted by atomic mass is 10.4. The van der Waals surface area contributed by atoms with E-state index in [0.717, 1.165) is 0 Å². The third-order valence-corrected chi connectivity index (χ3v) is 2.69. The van der Waals surface area contributed by atoms with Crippen molar-refractivity contribution in [3.8, 4) is 0 Å². The molecule has 0 N–H and O–H groups in total. The van der Waals surface area contributed by atoms with Crippen molar-refractivity contribution in [3.05, 3.63) is 32.2 Å². The number of halogens is 5. The summed E-state index contributed by atoms with van der Waals surface area (Å²) in [4.78, 5) is 0. The van der Waals surface area contributed by atoms with Crippen molar-refractivity contribution < 1.29 is 0 Å². The van der Waals surface area contributed by atoms with E-state index in [1.165, 1.54) is 0 Å². The number of hydrogen-bond acceptors (Lipinski definition) is 0. The molecule has 0 bridgehead atoms. The Bertz CT molecular complexity index is 230. The Labute approximate surface area is 90.8 Å². The average Bonchev–Trinajstić information content (AvgIpc) is 1.93. The summed E-state index contributed by atoms with van der Waals surface area (Å²) in [5.41, 5.74) is 0. The predicted molar refractivity (Wildman–Crippen MR) is 53.7 cm³/mol. The second kappa shape index (κ2) is 4.64. The molecule has 0 heterocycles. The third kappa shape index (κ3) is 2.57. The molecule has 0 aliphatic rings. The summed E-state index contributed by atoms with van der Waals surface area (Å²) in [7, 11) is 0. The van der Waals surface area contributed by atoms with Crippen LogP contribution in [0.25, 0.3) is 0 Å². The maximum Gasteiger partial charge on any atom is 0.0793 e. The molecule has 1 aromatic rings. The van der Waals surface area contributed by atoms with Gasteiger partial charge in [0, 0.05) is 0 Å². The van der Waals surface area contributed by atoms with Crippen LogP contribution >= 0.6 is 58.8 Å². The summed E-state index contributed by atoms with van der Waals surface area (Å²) in [6.07, 6.45) is 0. The molecule has 1 rings (SSSR count). The van der Waals surface area contributed by atoms with E-state index in [1.54, 1.807) is 12.1 Å². The van der Waals surface area contributed by atoms with Gasteiger partial charge >= 0.3 is 0 Å². The van der Waals surface area contributed by atoms with Crippen molar-refractivity contribution >= 4 is 58.8 Å². The van der Waals surface area contributed by atoms with Gasteiger partial charge in [-0.3, -0.25) is 0 Å². The second-order valence-corrected chi connectivity index (χ2v) is 3.23. The molecule has 0 saturated heterocycles. The van der Waals surface area contributed by atoms with Crippen LogP contribution in [0.3, 0.4) is 0 Å². The van der Waals surface area contributed by atoms with Crippen molar-refractivity contribution in [1.29, 1.82) is 0 Å². The first-order valence-electron chi connectivity index (χ1n) is 2.42. The summed E-state index contributed by atoms with van der Waals surface area (Å²) in [5, 5.41) is 1.43. The van der Waals surface area contributed by atoms with Gasteiger partial charge in [-0.2, -0.15) is 0 Å². The lowest BCUT2D eigenvalue weighted by Gasteiger charge is -1.98. The normalized spacial score (nSPS) is 9.09. The average molecular weight is 252 g/mol. The van der Waals surface area contributed by atoms with Gasteiger partial charge in [-0.05, 0) is 12.1 Å². The van der Waals surface area contributed by atoms with Crippen LogP contribution in [0.5, 0.6) is 0 Å². The van der Waals surface area contributed by atoms with E-state index in [-0.39, 0.29) is 12.4 Å². The number of hydrogen-bond donors (Lipinski definition) is 0. The minimum Gasteiger partial charge on any atom is -0.147 e. The highest BCUT2D eigenvalue weighted by molar-refractivity contribution is 6.51. The molecule has 5 heteroatoms. The minimum absolute atomic E-state index is 0. The predicted octanol–water partition coefficient (Wildman–Crippen LogP) is 4.72. The molecular weight excluding hydrogens is 249 g/mol. The summed E-state index contributed by atoms with van der Waals surface area (Å²) >= 11 is 22.5. The molecule has 0 spiro atoms. The van der Waals surface area contributed by atoms with Crippen LogP contribution in [-0.4, -0.2) is 0 Å². The zero-order valence-corrected chi connectivity index (χ0v) is 8.92. The van der Waals surface area contributed by atoms with Gasteiger partial charge in [0.05, 0.1) is 20.1 Å². The maximum atomic E-state index is 5.63. The SMILES string of the molecule is Cl.Clc1ccc(Cl)c(Cl)c1Cl. The fourth-order valence-corrected chi connectivity index (χ4v) is 1.24. The van der Waals surface area contributed by atoms with Crippen molar-refractivity contribution in [2.45, 2.75) is 0 Å². The molecule has 0 aromatic heterocycles. The third-order valence-electron chi connectivity index (χ3n) is 0.988. The fourth-order valence-electron chi connectivity index (χ4n) is 0.502. The highest BCUT2D eigenvalue weighted by Gasteiger charge is 2.05. The highest BCUT2D eigenvalue weighted by atomic mass is 35.5. The van der Waals surface area contributed by atoms with Crippen LogP contribution in [0, 0.1) is 0 Å². The topological polar surface area (TPSA) is 0 Å². The molecule has 0 amide bonds. The van der Waals surface area contributed by atoms with Gasteiger partial charge in [-0.25, -0.2) is 0 Å².